The van der Waals surface area contributed by atoms with E-state index in [0.29, 0.717) is 17.7 Å². The largest absolute Gasteiger partial charge is 0.475 e. The van der Waals surface area contributed by atoms with Crippen molar-refractivity contribution in [1.29, 1.82) is 0 Å². The highest BCUT2D eigenvalue weighted by molar-refractivity contribution is 6.21. The molecule has 1 aliphatic carbocycles. The van der Waals surface area contributed by atoms with Crippen LogP contribution in [-0.4, -0.2) is 30.4 Å². The lowest BCUT2D eigenvalue weighted by Gasteiger charge is -2.13. The lowest BCUT2D eigenvalue weighted by atomic mass is 10.00. The van der Waals surface area contributed by atoms with Crippen LogP contribution in [0.5, 0.6) is 0 Å². The zero-order chi connectivity index (χ0) is 15.5. The third-order valence-electron chi connectivity index (χ3n) is 4.04. The van der Waals surface area contributed by atoms with Crippen molar-refractivity contribution in [2.24, 2.45) is 0 Å². The zero-order valence-corrected chi connectivity index (χ0v) is 12.5. The number of methoxy groups -OCH3 is 1. The Morgan fingerprint density at radius 1 is 1.18 bits per heavy atom. The van der Waals surface area contributed by atoms with Gasteiger partial charge in [0.15, 0.2) is 0 Å². The Morgan fingerprint density at radius 2 is 1.86 bits per heavy atom. The first-order chi connectivity index (χ1) is 10.7. The van der Waals surface area contributed by atoms with Crippen molar-refractivity contribution < 1.29 is 14.3 Å². The van der Waals surface area contributed by atoms with E-state index < -0.39 is 0 Å². The molecular weight excluding hydrogens is 278 g/mol. The van der Waals surface area contributed by atoms with Crippen LogP contribution in [0.25, 0.3) is 0 Å². The minimum absolute atomic E-state index is 0.175. The molecular formula is C18H18NO3+. The highest BCUT2D eigenvalue weighted by atomic mass is 16.5. The van der Waals surface area contributed by atoms with Crippen molar-refractivity contribution in [3.05, 3.63) is 65.3 Å². The Balaban J connectivity index is 1.55. The van der Waals surface area contributed by atoms with Gasteiger partial charge in [-0.2, -0.15) is 0 Å². The van der Waals surface area contributed by atoms with E-state index in [9.17, 15) is 9.59 Å². The van der Waals surface area contributed by atoms with Crippen LogP contribution in [0, 0.1) is 6.42 Å². The molecule has 0 N–H and O–H groups in total. The quantitative estimate of drug-likeness (QED) is 0.619. The maximum absolute atomic E-state index is 12.2. The summed E-state index contributed by atoms with van der Waals surface area (Å²) in [6.45, 7) is 0.463. The van der Waals surface area contributed by atoms with Gasteiger partial charge in [0.25, 0.3) is 11.8 Å². The number of benzene rings is 1. The Hall–Kier alpha value is -2.49. The molecule has 0 fully saturated rings. The number of carbonyl (C=O) groups excluding carboxylic acids is 2. The summed E-state index contributed by atoms with van der Waals surface area (Å²) < 4.78 is 5.15. The van der Waals surface area contributed by atoms with Crippen LogP contribution in [0.3, 0.4) is 0 Å². The summed E-state index contributed by atoms with van der Waals surface area (Å²) in [5.41, 5.74) is 2.33. The highest BCUT2D eigenvalue weighted by Crippen LogP contribution is 2.24. The second kappa shape index (κ2) is 6.10. The molecule has 2 amide bonds. The van der Waals surface area contributed by atoms with Crippen LogP contribution in [0.4, 0.5) is 0 Å². The minimum atomic E-state index is -0.175. The number of fused-ring (bicyclic) bond motifs is 1. The number of amides is 2. The predicted molar refractivity (Wildman–Crippen MR) is 83.1 cm³/mol. The molecule has 0 aromatic heterocycles. The Morgan fingerprint density at radius 3 is 2.41 bits per heavy atom. The molecule has 1 heterocycles. The SMILES string of the molecule is COC1=CCC(CCCN2C(=O)c3ccccc3C2=O)=C[CH+]1. The number of rotatable bonds is 5. The van der Waals surface area contributed by atoms with E-state index in [2.05, 4.69) is 6.08 Å². The summed E-state index contributed by atoms with van der Waals surface area (Å²) in [5, 5.41) is 0. The van der Waals surface area contributed by atoms with Crippen LogP contribution in [0.15, 0.2) is 47.7 Å². The third kappa shape index (κ3) is 2.64. The van der Waals surface area contributed by atoms with Gasteiger partial charge in [-0.3, -0.25) is 14.5 Å². The van der Waals surface area contributed by atoms with Gasteiger partial charge in [0.05, 0.1) is 43.2 Å². The molecule has 0 saturated carbocycles. The highest BCUT2D eigenvalue weighted by Gasteiger charge is 2.34. The fraction of sp³-hybridized carbons (Fsp3) is 0.278. The minimum Gasteiger partial charge on any atom is -0.475 e. The van der Waals surface area contributed by atoms with Gasteiger partial charge in [-0.1, -0.05) is 12.1 Å². The smallest absolute Gasteiger partial charge is 0.261 e. The third-order valence-corrected chi connectivity index (χ3v) is 4.04. The van der Waals surface area contributed by atoms with Crippen LogP contribution >= 0.6 is 0 Å². The number of ether oxygens (including phenoxy) is 1. The van der Waals surface area contributed by atoms with E-state index >= 15 is 0 Å². The van der Waals surface area contributed by atoms with E-state index in [0.717, 1.165) is 25.0 Å². The second-order valence-corrected chi connectivity index (χ2v) is 5.42. The van der Waals surface area contributed by atoms with Crippen molar-refractivity contribution >= 4 is 11.8 Å². The molecule has 1 aliphatic heterocycles. The lowest BCUT2D eigenvalue weighted by molar-refractivity contribution is 0.0652. The van der Waals surface area contributed by atoms with Gasteiger partial charge in [-0.05, 0) is 18.6 Å². The molecule has 0 atom stereocenters. The number of allylic oxidation sites excluding steroid dienone is 3. The standard InChI is InChI=1S/C18H18NO3/c1-22-14-10-8-13(9-11-14)5-4-12-19-17(20)15-6-2-3-7-16(15)18(19)21/h2-3,6-8,10-11H,4-5,9,12H2,1H3/q+1. The molecule has 2 aliphatic rings. The summed E-state index contributed by atoms with van der Waals surface area (Å²) in [6.07, 6.45) is 8.56. The lowest BCUT2D eigenvalue weighted by Crippen LogP contribution is -2.30. The van der Waals surface area contributed by atoms with E-state index in [1.165, 1.54) is 10.5 Å². The number of carbonyl (C=O) groups is 2. The molecule has 3 rings (SSSR count). The Kier molecular flexibility index (Phi) is 4.00. The summed E-state index contributed by atoms with van der Waals surface area (Å²) in [6, 6.07) is 7.00. The molecule has 1 aromatic rings. The summed E-state index contributed by atoms with van der Waals surface area (Å²) in [7, 11) is 1.66. The first-order valence-corrected chi connectivity index (χ1v) is 7.43. The van der Waals surface area contributed by atoms with E-state index in [1.807, 2.05) is 12.5 Å². The molecule has 0 bridgehead atoms. The Bertz CT molecular complexity index is 638. The molecule has 1 aromatic carbocycles. The van der Waals surface area contributed by atoms with Crippen molar-refractivity contribution in [2.75, 3.05) is 13.7 Å². The topological polar surface area (TPSA) is 46.6 Å². The average Bonchev–Trinajstić information content (AvgIpc) is 2.81. The maximum Gasteiger partial charge on any atom is 0.261 e. The van der Waals surface area contributed by atoms with Gasteiger partial charge >= 0.3 is 0 Å². The zero-order valence-electron chi connectivity index (χ0n) is 12.5. The molecule has 0 unspecified atom stereocenters. The van der Waals surface area contributed by atoms with Gasteiger partial charge in [0, 0.05) is 18.5 Å². The molecule has 4 heteroatoms. The van der Waals surface area contributed by atoms with Gasteiger partial charge < -0.3 is 4.74 Å². The van der Waals surface area contributed by atoms with Crippen molar-refractivity contribution in [2.45, 2.75) is 19.3 Å². The van der Waals surface area contributed by atoms with Gasteiger partial charge in [-0.25, -0.2) is 0 Å². The van der Waals surface area contributed by atoms with Crippen molar-refractivity contribution in [3.63, 3.8) is 0 Å². The molecule has 22 heavy (non-hydrogen) atoms. The summed E-state index contributed by atoms with van der Waals surface area (Å²) in [5.74, 6) is 0.529. The number of nitrogens with zero attached hydrogens (tertiary/aromatic N) is 1. The molecule has 0 saturated heterocycles. The molecule has 112 valence electrons. The summed E-state index contributed by atoms with van der Waals surface area (Å²) in [4.78, 5) is 25.8. The molecule has 0 spiro atoms. The van der Waals surface area contributed by atoms with E-state index in [1.54, 1.807) is 31.4 Å². The molecule has 0 radical (unpaired) electrons. The Labute approximate surface area is 130 Å². The normalized spacial score (nSPS) is 16.9. The van der Waals surface area contributed by atoms with Gasteiger partial charge in [-0.15, -0.1) is 0 Å². The summed E-state index contributed by atoms with van der Waals surface area (Å²) >= 11 is 0. The van der Waals surface area contributed by atoms with Crippen LogP contribution in [-0.2, 0) is 4.74 Å². The van der Waals surface area contributed by atoms with Crippen molar-refractivity contribution in [3.8, 4) is 0 Å². The van der Waals surface area contributed by atoms with E-state index in [4.69, 9.17) is 4.74 Å². The number of hydrogen-bond donors (Lipinski definition) is 0. The maximum atomic E-state index is 12.2. The first-order valence-electron chi connectivity index (χ1n) is 7.43. The monoisotopic (exact) mass is 296 g/mol. The fourth-order valence-electron chi connectivity index (χ4n) is 2.81. The first kappa shape index (κ1) is 14.4. The predicted octanol–water partition coefficient (Wildman–Crippen LogP) is 3.13. The second-order valence-electron chi connectivity index (χ2n) is 5.42. The fourth-order valence-corrected chi connectivity index (χ4v) is 2.81. The van der Waals surface area contributed by atoms with Gasteiger partial charge in [0.2, 0.25) is 5.76 Å². The van der Waals surface area contributed by atoms with Gasteiger partial charge in [0.1, 0.15) is 0 Å². The van der Waals surface area contributed by atoms with Crippen LogP contribution in [0.2, 0.25) is 0 Å². The van der Waals surface area contributed by atoms with Crippen LogP contribution < -0.4 is 0 Å². The number of imide groups is 1. The number of hydrogen-bond acceptors (Lipinski definition) is 3. The molecule has 4 nitrogen and oxygen atoms in total. The van der Waals surface area contributed by atoms with Crippen LogP contribution in [0.1, 0.15) is 40.0 Å². The van der Waals surface area contributed by atoms with Crippen molar-refractivity contribution in [1.82, 2.24) is 4.90 Å². The van der Waals surface area contributed by atoms with E-state index in [-0.39, 0.29) is 11.8 Å². The average molecular weight is 296 g/mol.